The van der Waals surface area contributed by atoms with Gasteiger partial charge in [0.2, 0.25) is 0 Å². The first kappa shape index (κ1) is 14.4. The molecule has 0 saturated heterocycles. The van der Waals surface area contributed by atoms with E-state index in [4.69, 9.17) is 11.6 Å². The standard InChI is InChI=1S/C12H15ClN2O3/c1-8(13)12(2,3)14-11(16)9-5-4-6-10(7-9)15(17)18/h4-8H,1-3H3,(H,14,16). The Labute approximate surface area is 110 Å². The van der Waals surface area contributed by atoms with Crippen molar-refractivity contribution in [2.24, 2.45) is 0 Å². The molecule has 18 heavy (non-hydrogen) atoms. The fourth-order valence-corrected chi connectivity index (χ4v) is 1.28. The summed E-state index contributed by atoms with van der Waals surface area (Å²) >= 11 is 5.96. The Bertz CT molecular complexity index is 472. The van der Waals surface area contributed by atoms with Gasteiger partial charge in [-0.25, -0.2) is 0 Å². The fraction of sp³-hybridized carbons (Fsp3) is 0.417. The molecule has 1 atom stereocenters. The molecule has 1 amide bonds. The second kappa shape index (κ2) is 5.35. The van der Waals surface area contributed by atoms with E-state index in [1.807, 2.05) is 0 Å². The summed E-state index contributed by atoms with van der Waals surface area (Å²) in [5, 5.41) is 13.1. The maximum Gasteiger partial charge on any atom is 0.270 e. The van der Waals surface area contributed by atoms with Crippen LogP contribution >= 0.6 is 11.6 Å². The SMILES string of the molecule is CC(Cl)C(C)(C)NC(=O)c1cccc([N+](=O)[O-])c1. The number of rotatable bonds is 4. The molecule has 0 heterocycles. The first-order valence-electron chi connectivity index (χ1n) is 5.45. The molecule has 0 bridgehead atoms. The molecule has 0 aliphatic rings. The van der Waals surface area contributed by atoms with Gasteiger partial charge < -0.3 is 5.32 Å². The van der Waals surface area contributed by atoms with E-state index in [0.717, 1.165) is 0 Å². The van der Waals surface area contributed by atoms with Crippen molar-refractivity contribution in [1.82, 2.24) is 5.32 Å². The second-order valence-electron chi connectivity index (χ2n) is 4.60. The average molecular weight is 271 g/mol. The number of nitrogens with one attached hydrogen (secondary N) is 1. The molecule has 1 unspecified atom stereocenters. The zero-order valence-corrected chi connectivity index (χ0v) is 11.2. The average Bonchev–Trinajstić information content (AvgIpc) is 2.28. The molecule has 1 rings (SSSR count). The quantitative estimate of drug-likeness (QED) is 0.519. The number of alkyl halides is 1. The Hall–Kier alpha value is -1.62. The predicted molar refractivity (Wildman–Crippen MR) is 70.0 cm³/mol. The first-order chi connectivity index (χ1) is 8.24. The van der Waals surface area contributed by atoms with E-state index in [1.54, 1.807) is 20.8 Å². The van der Waals surface area contributed by atoms with Crippen LogP contribution in [0.2, 0.25) is 0 Å². The molecule has 98 valence electrons. The summed E-state index contributed by atoms with van der Waals surface area (Å²) in [5.74, 6) is -0.379. The highest BCUT2D eigenvalue weighted by atomic mass is 35.5. The molecule has 0 fully saturated rings. The number of nitro benzene ring substituents is 1. The molecule has 0 spiro atoms. The van der Waals surface area contributed by atoms with Crippen LogP contribution in [-0.4, -0.2) is 21.7 Å². The van der Waals surface area contributed by atoms with Crippen molar-refractivity contribution in [2.75, 3.05) is 0 Å². The Morgan fingerprint density at radius 2 is 2.11 bits per heavy atom. The van der Waals surface area contributed by atoms with Crippen molar-refractivity contribution in [3.8, 4) is 0 Å². The number of benzene rings is 1. The largest absolute Gasteiger partial charge is 0.346 e. The Balaban J connectivity index is 2.92. The van der Waals surface area contributed by atoms with Gasteiger partial charge in [-0.2, -0.15) is 0 Å². The van der Waals surface area contributed by atoms with Crippen molar-refractivity contribution in [3.05, 3.63) is 39.9 Å². The summed E-state index contributed by atoms with van der Waals surface area (Å²) in [6.45, 7) is 5.36. The Morgan fingerprint density at radius 3 is 2.61 bits per heavy atom. The van der Waals surface area contributed by atoms with Crippen LogP contribution in [0.1, 0.15) is 31.1 Å². The van der Waals surface area contributed by atoms with E-state index in [-0.39, 0.29) is 22.5 Å². The molecule has 1 N–H and O–H groups in total. The van der Waals surface area contributed by atoms with E-state index in [2.05, 4.69) is 5.32 Å². The summed E-state index contributed by atoms with van der Waals surface area (Å²) in [6.07, 6.45) is 0. The third kappa shape index (κ3) is 3.43. The van der Waals surface area contributed by atoms with E-state index in [1.165, 1.54) is 24.3 Å². The van der Waals surface area contributed by atoms with Crippen molar-refractivity contribution < 1.29 is 9.72 Å². The van der Waals surface area contributed by atoms with Crippen LogP contribution in [-0.2, 0) is 0 Å². The van der Waals surface area contributed by atoms with Crippen LogP contribution in [0.4, 0.5) is 5.69 Å². The van der Waals surface area contributed by atoms with Gasteiger partial charge in [0, 0.05) is 17.7 Å². The zero-order chi connectivity index (χ0) is 13.9. The molecular weight excluding hydrogens is 256 g/mol. The maximum atomic E-state index is 11.9. The van der Waals surface area contributed by atoms with Gasteiger partial charge in [-0.15, -0.1) is 11.6 Å². The lowest BCUT2D eigenvalue weighted by molar-refractivity contribution is -0.384. The molecule has 0 aliphatic heterocycles. The van der Waals surface area contributed by atoms with Crippen molar-refractivity contribution in [1.29, 1.82) is 0 Å². The molecule has 0 radical (unpaired) electrons. The lowest BCUT2D eigenvalue weighted by atomic mass is 10.0. The van der Waals surface area contributed by atoms with Crippen LogP contribution in [0.25, 0.3) is 0 Å². The van der Waals surface area contributed by atoms with Gasteiger partial charge in [-0.3, -0.25) is 14.9 Å². The van der Waals surface area contributed by atoms with Gasteiger partial charge in [-0.1, -0.05) is 6.07 Å². The molecule has 0 aliphatic carbocycles. The summed E-state index contributed by atoms with van der Waals surface area (Å²) in [7, 11) is 0. The van der Waals surface area contributed by atoms with Gasteiger partial charge in [0.25, 0.3) is 11.6 Å². The summed E-state index contributed by atoms with van der Waals surface area (Å²) in [6, 6.07) is 5.58. The predicted octanol–water partition coefficient (Wildman–Crippen LogP) is 2.73. The van der Waals surface area contributed by atoms with Gasteiger partial charge >= 0.3 is 0 Å². The van der Waals surface area contributed by atoms with Crippen LogP contribution in [0.3, 0.4) is 0 Å². The van der Waals surface area contributed by atoms with Crippen molar-refractivity contribution >= 4 is 23.2 Å². The highest BCUT2D eigenvalue weighted by Crippen LogP contribution is 2.17. The van der Waals surface area contributed by atoms with Gasteiger partial charge in [0.1, 0.15) is 0 Å². The molecule has 1 aromatic rings. The van der Waals surface area contributed by atoms with Crippen LogP contribution in [0.15, 0.2) is 24.3 Å². The third-order valence-corrected chi connectivity index (χ3v) is 3.29. The molecule has 0 saturated carbocycles. The second-order valence-corrected chi connectivity index (χ2v) is 5.25. The van der Waals surface area contributed by atoms with E-state index >= 15 is 0 Å². The third-order valence-electron chi connectivity index (χ3n) is 2.75. The van der Waals surface area contributed by atoms with Crippen LogP contribution < -0.4 is 5.32 Å². The van der Waals surface area contributed by atoms with Crippen molar-refractivity contribution in [3.63, 3.8) is 0 Å². The minimum Gasteiger partial charge on any atom is -0.346 e. The van der Waals surface area contributed by atoms with E-state index < -0.39 is 10.5 Å². The number of nitro groups is 1. The van der Waals surface area contributed by atoms with E-state index in [0.29, 0.717) is 0 Å². The smallest absolute Gasteiger partial charge is 0.270 e. The summed E-state index contributed by atoms with van der Waals surface area (Å²) in [4.78, 5) is 22.0. The minimum absolute atomic E-state index is 0.112. The van der Waals surface area contributed by atoms with Crippen LogP contribution in [0.5, 0.6) is 0 Å². The molecular formula is C12H15ClN2O3. The fourth-order valence-electron chi connectivity index (χ4n) is 1.22. The Morgan fingerprint density at radius 1 is 1.50 bits per heavy atom. The number of non-ortho nitro benzene ring substituents is 1. The lowest BCUT2D eigenvalue weighted by Crippen LogP contribution is -2.49. The number of amides is 1. The van der Waals surface area contributed by atoms with Crippen molar-refractivity contribution in [2.45, 2.75) is 31.7 Å². The number of carbonyl (C=O) groups excluding carboxylic acids is 1. The minimum atomic E-state index is -0.594. The van der Waals surface area contributed by atoms with Gasteiger partial charge in [0.15, 0.2) is 0 Å². The maximum absolute atomic E-state index is 11.9. The van der Waals surface area contributed by atoms with Gasteiger partial charge in [-0.05, 0) is 26.8 Å². The zero-order valence-electron chi connectivity index (χ0n) is 10.4. The number of hydrogen-bond acceptors (Lipinski definition) is 3. The Kier molecular flexibility index (Phi) is 4.29. The normalized spacial score (nSPS) is 12.9. The summed E-state index contributed by atoms with van der Waals surface area (Å²) in [5.41, 5.74) is -0.461. The number of halogens is 1. The number of carbonyl (C=O) groups is 1. The lowest BCUT2D eigenvalue weighted by Gasteiger charge is -2.28. The first-order valence-corrected chi connectivity index (χ1v) is 5.88. The van der Waals surface area contributed by atoms with Crippen LogP contribution in [0, 0.1) is 10.1 Å². The molecule has 1 aromatic carbocycles. The number of nitrogens with zero attached hydrogens (tertiary/aromatic N) is 1. The molecule has 5 nitrogen and oxygen atoms in total. The highest BCUT2D eigenvalue weighted by Gasteiger charge is 2.26. The monoisotopic (exact) mass is 270 g/mol. The number of hydrogen-bond donors (Lipinski definition) is 1. The summed E-state index contributed by atoms with van der Waals surface area (Å²) < 4.78 is 0. The van der Waals surface area contributed by atoms with E-state index in [9.17, 15) is 14.9 Å². The topological polar surface area (TPSA) is 72.2 Å². The molecule has 6 heteroatoms. The highest BCUT2D eigenvalue weighted by molar-refractivity contribution is 6.21. The van der Waals surface area contributed by atoms with Gasteiger partial charge in [0.05, 0.1) is 15.8 Å². The molecule has 0 aromatic heterocycles.